The zero-order valence-electron chi connectivity index (χ0n) is 23.3. The van der Waals surface area contributed by atoms with E-state index in [2.05, 4.69) is 47.3 Å². The minimum absolute atomic E-state index is 0.154. The Kier molecular flexibility index (Phi) is 9.76. The highest BCUT2D eigenvalue weighted by molar-refractivity contribution is 9.10. The van der Waals surface area contributed by atoms with Crippen molar-refractivity contribution in [3.63, 3.8) is 0 Å². The summed E-state index contributed by atoms with van der Waals surface area (Å²) in [6, 6.07) is 20.8. The summed E-state index contributed by atoms with van der Waals surface area (Å²) in [6.07, 6.45) is 0. The quantitative estimate of drug-likeness (QED) is 0.372. The van der Waals surface area contributed by atoms with Crippen molar-refractivity contribution in [1.29, 1.82) is 0 Å². The van der Waals surface area contributed by atoms with Crippen molar-refractivity contribution in [1.82, 2.24) is 10.2 Å². The van der Waals surface area contributed by atoms with Gasteiger partial charge in [0, 0.05) is 73.8 Å². The number of piperazine rings is 1. The minimum atomic E-state index is -0.233. The Bertz CT molecular complexity index is 1360. The number of carbonyl (C=O) groups is 2. The third-order valence-corrected chi connectivity index (χ3v) is 7.94. The van der Waals surface area contributed by atoms with Crippen molar-refractivity contribution < 1.29 is 19.1 Å². The average molecular weight is 623 g/mol. The van der Waals surface area contributed by atoms with Crippen molar-refractivity contribution in [2.75, 3.05) is 87.8 Å². The topological polar surface area (TPSA) is 86.4 Å². The highest BCUT2D eigenvalue weighted by Crippen LogP contribution is 2.31. The molecular weight excluding hydrogens is 586 g/mol. The van der Waals surface area contributed by atoms with Gasteiger partial charge in [-0.2, -0.15) is 0 Å². The number of para-hydroxylation sites is 2. The molecule has 5 rings (SSSR count). The normalized spacial score (nSPS) is 15.9. The lowest BCUT2D eigenvalue weighted by molar-refractivity contribution is 0.0383. The van der Waals surface area contributed by atoms with Crippen LogP contribution in [-0.4, -0.2) is 89.4 Å². The maximum Gasteiger partial charge on any atom is 0.255 e. The number of hydrogen-bond donors (Lipinski definition) is 2. The Balaban J connectivity index is 1.32. The highest BCUT2D eigenvalue weighted by Gasteiger charge is 2.24. The van der Waals surface area contributed by atoms with Crippen LogP contribution in [0.2, 0.25) is 0 Å². The molecular formula is C31H36BrN5O4. The molecule has 0 unspecified atom stereocenters. The second-order valence-electron chi connectivity index (χ2n) is 10.1. The minimum Gasteiger partial charge on any atom is -0.495 e. The Labute approximate surface area is 249 Å². The van der Waals surface area contributed by atoms with E-state index in [4.69, 9.17) is 9.47 Å². The third-order valence-electron chi connectivity index (χ3n) is 7.45. The molecule has 216 valence electrons. The second-order valence-corrected chi connectivity index (χ2v) is 11.0. The van der Waals surface area contributed by atoms with Crippen LogP contribution in [0.5, 0.6) is 5.75 Å². The summed E-state index contributed by atoms with van der Waals surface area (Å²) in [7, 11) is 1.69. The van der Waals surface area contributed by atoms with Crippen LogP contribution in [0.3, 0.4) is 0 Å². The highest BCUT2D eigenvalue weighted by atomic mass is 79.9. The van der Waals surface area contributed by atoms with Crippen LogP contribution < -0.4 is 25.2 Å². The molecule has 0 radical (unpaired) electrons. The van der Waals surface area contributed by atoms with E-state index in [0.717, 1.165) is 80.6 Å². The van der Waals surface area contributed by atoms with Gasteiger partial charge in [0.25, 0.3) is 11.8 Å². The zero-order chi connectivity index (χ0) is 28.6. The van der Waals surface area contributed by atoms with E-state index in [9.17, 15) is 9.59 Å². The third kappa shape index (κ3) is 7.38. The van der Waals surface area contributed by atoms with Gasteiger partial charge in [-0.3, -0.25) is 14.5 Å². The van der Waals surface area contributed by atoms with Gasteiger partial charge in [0.2, 0.25) is 0 Å². The summed E-state index contributed by atoms with van der Waals surface area (Å²) < 4.78 is 11.8. The summed E-state index contributed by atoms with van der Waals surface area (Å²) in [5.74, 6) is 0.467. The summed E-state index contributed by atoms with van der Waals surface area (Å²) in [5, 5.41) is 6.06. The maximum absolute atomic E-state index is 13.5. The van der Waals surface area contributed by atoms with Crippen LogP contribution >= 0.6 is 15.9 Å². The molecule has 2 fully saturated rings. The Morgan fingerprint density at radius 3 is 2.32 bits per heavy atom. The van der Waals surface area contributed by atoms with E-state index in [1.54, 1.807) is 25.3 Å². The first-order valence-electron chi connectivity index (χ1n) is 13.9. The number of ether oxygens (including phenoxy) is 2. The first-order valence-corrected chi connectivity index (χ1v) is 14.7. The van der Waals surface area contributed by atoms with Gasteiger partial charge in [0.15, 0.2) is 0 Å². The Hall–Kier alpha value is -3.60. The number of halogens is 1. The van der Waals surface area contributed by atoms with E-state index in [1.165, 1.54) is 0 Å². The molecule has 10 heteroatoms. The number of hydrogen-bond acceptors (Lipinski definition) is 7. The fourth-order valence-corrected chi connectivity index (χ4v) is 5.63. The lowest BCUT2D eigenvalue weighted by Gasteiger charge is -2.38. The summed E-state index contributed by atoms with van der Waals surface area (Å²) >= 11 is 3.42. The lowest BCUT2D eigenvalue weighted by Crippen LogP contribution is -2.47. The molecule has 2 heterocycles. The molecule has 41 heavy (non-hydrogen) atoms. The fraction of sp³-hybridized carbons (Fsp3) is 0.355. The maximum atomic E-state index is 13.5. The number of rotatable bonds is 9. The first-order chi connectivity index (χ1) is 20.0. The predicted molar refractivity (Wildman–Crippen MR) is 166 cm³/mol. The number of morpholine rings is 1. The standard InChI is InChI=1S/C31H36BrN5O4/c1-40-29-8-3-2-7-28(29)37-15-13-36(14-16-37)27-10-9-25(34-30(38)23-5-4-6-24(32)21-23)22-26(27)31(39)33-11-12-35-17-19-41-20-18-35/h2-10,21-22H,11-20H2,1H3,(H,33,39)(H,34,38). The number of nitrogens with zero attached hydrogens (tertiary/aromatic N) is 3. The van der Waals surface area contributed by atoms with E-state index in [0.29, 0.717) is 23.4 Å². The molecule has 3 aromatic carbocycles. The molecule has 0 aliphatic carbocycles. The van der Waals surface area contributed by atoms with Crippen LogP contribution in [-0.2, 0) is 4.74 Å². The van der Waals surface area contributed by atoms with Crippen LogP contribution in [0.15, 0.2) is 71.2 Å². The van der Waals surface area contributed by atoms with Gasteiger partial charge in [-0.15, -0.1) is 0 Å². The number of carbonyl (C=O) groups excluding carboxylic acids is 2. The predicted octanol–water partition coefficient (Wildman–Crippen LogP) is 4.10. The summed E-state index contributed by atoms with van der Waals surface area (Å²) in [4.78, 5) is 33.3. The van der Waals surface area contributed by atoms with E-state index < -0.39 is 0 Å². The molecule has 2 aliphatic rings. The Morgan fingerprint density at radius 2 is 1.59 bits per heavy atom. The summed E-state index contributed by atoms with van der Waals surface area (Å²) in [6.45, 7) is 7.56. The van der Waals surface area contributed by atoms with Crippen molar-refractivity contribution >= 4 is 44.8 Å². The molecule has 0 bridgehead atoms. The van der Waals surface area contributed by atoms with Crippen LogP contribution in [0.25, 0.3) is 0 Å². The van der Waals surface area contributed by atoms with Gasteiger partial charge in [0.1, 0.15) is 5.75 Å². The van der Waals surface area contributed by atoms with Gasteiger partial charge in [-0.05, 0) is 48.5 Å². The van der Waals surface area contributed by atoms with Gasteiger partial charge in [0.05, 0.1) is 31.6 Å². The molecule has 0 aromatic heterocycles. The monoisotopic (exact) mass is 621 g/mol. The van der Waals surface area contributed by atoms with Crippen LogP contribution in [0.4, 0.5) is 17.1 Å². The Morgan fingerprint density at radius 1 is 0.854 bits per heavy atom. The van der Waals surface area contributed by atoms with Crippen LogP contribution in [0, 0.1) is 0 Å². The van der Waals surface area contributed by atoms with Crippen molar-refractivity contribution in [2.24, 2.45) is 0 Å². The molecule has 0 atom stereocenters. The largest absolute Gasteiger partial charge is 0.495 e. The molecule has 3 aromatic rings. The van der Waals surface area contributed by atoms with Gasteiger partial charge in [-0.1, -0.05) is 34.1 Å². The van der Waals surface area contributed by atoms with Gasteiger partial charge >= 0.3 is 0 Å². The van der Waals surface area contributed by atoms with E-state index in [1.807, 2.05) is 42.5 Å². The molecule has 2 aliphatic heterocycles. The van der Waals surface area contributed by atoms with Crippen molar-refractivity contribution in [3.05, 3.63) is 82.3 Å². The molecule has 2 saturated heterocycles. The van der Waals surface area contributed by atoms with Crippen molar-refractivity contribution in [2.45, 2.75) is 0 Å². The van der Waals surface area contributed by atoms with Gasteiger partial charge < -0.3 is 29.9 Å². The average Bonchev–Trinajstić information content (AvgIpc) is 3.01. The molecule has 2 amide bonds. The SMILES string of the molecule is COc1ccccc1N1CCN(c2ccc(NC(=O)c3cccc(Br)c3)cc2C(=O)NCCN2CCOCC2)CC1. The second kappa shape index (κ2) is 13.8. The van der Waals surface area contributed by atoms with Crippen molar-refractivity contribution in [3.8, 4) is 5.75 Å². The van der Waals surface area contributed by atoms with E-state index >= 15 is 0 Å². The molecule has 0 saturated carbocycles. The fourth-order valence-electron chi connectivity index (χ4n) is 5.23. The number of anilines is 3. The lowest BCUT2D eigenvalue weighted by atomic mass is 10.1. The molecule has 9 nitrogen and oxygen atoms in total. The summed E-state index contributed by atoms with van der Waals surface area (Å²) in [5.41, 5.74) is 3.58. The zero-order valence-corrected chi connectivity index (χ0v) is 24.9. The first kappa shape index (κ1) is 28.9. The van der Waals surface area contributed by atoms with Gasteiger partial charge in [-0.25, -0.2) is 0 Å². The number of methoxy groups -OCH3 is 1. The van der Waals surface area contributed by atoms with Crippen LogP contribution in [0.1, 0.15) is 20.7 Å². The van der Waals surface area contributed by atoms with E-state index in [-0.39, 0.29) is 11.8 Å². The molecule has 2 N–H and O–H groups in total. The molecule has 0 spiro atoms. The smallest absolute Gasteiger partial charge is 0.255 e. The number of amides is 2. The number of benzene rings is 3. The number of nitrogens with one attached hydrogen (secondary N) is 2.